The molecular weight excluding hydrogens is 266 g/mol. The third-order valence-corrected chi connectivity index (χ3v) is 3.33. The number of para-hydroxylation sites is 2. The van der Waals surface area contributed by atoms with Crippen LogP contribution in [0.4, 0.5) is 11.4 Å². The summed E-state index contributed by atoms with van der Waals surface area (Å²) in [5.74, 6) is 0.685. The van der Waals surface area contributed by atoms with Crippen molar-refractivity contribution < 1.29 is 9.53 Å². The van der Waals surface area contributed by atoms with E-state index in [1.54, 1.807) is 11.1 Å². The third kappa shape index (κ3) is 2.81. The average molecular weight is 283 g/mol. The number of carbonyl (C=O) groups is 1. The summed E-state index contributed by atoms with van der Waals surface area (Å²) >= 11 is 0. The van der Waals surface area contributed by atoms with E-state index in [9.17, 15) is 4.79 Å². The maximum Gasteiger partial charge on any atom is 0.265 e. The van der Waals surface area contributed by atoms with Gasteiger partial charge in [-0.05, 0) is 31.2 Å². The molecule has 0 bridgehead atoms. The molecule has 0 unspecified atom stereocenters. The van der Waals surface area contributed by atoms with E-state index in [2.05, 4.69) is 10.3 Å². The first-order valence-electron chi connectivity index (χ1n) is 6.99. The van der Waals surface area contributed by atoms with Crippen molar-refractivity contribution in [2.24, 2.45) is 0 Å². The summed E-state index contributed by atoms with van der Waals surface area (Å²) in [5.41, 5.74) is 2.65. The third-order valence-electron chi connectivity index (χ3n) is 3.33. The van der Waals surface area contributed by atoms with Gasteiger partial charge in [0, 0.05) is 18.4 Å². The predicted molar refractivity (Wildman–Crippen MR) is 81.5 cm³/mol. The number of pyridine rings is 1. The zero-order chi connectivity index (χ0) is 14.7. The molecule has 0 saturated heterocycles. The Kier molecular flexibility index (Phi) is 3.73. The highest BCUT2D eigenvalue weighted by Gasteiger charge is 2.25. The minimum absolute atomic E-state index is 0.0515. The molecule has 1 amide bonds. The van der Waals surface area contributed by atoms with Gasteiger partial charge < -0.3 is 10.1 Å². The van der Waals surface area contributed by atoms with E-state index in [4.69, 9.17) is 4.74 Å². The Hall–Kier alpha value is -2.56. The zero-order valence-electron chi connectivity index (χ0n) is 11.9. The van der Waals surface area contributed by atoms with E-state index in [1.165, 1.54) is 0 Å². The van der Waals surface area contributed by atoms with Gasteiger partial charge in [0.1, 0.15) is 5.75 Å². The number of fused-ring (bicyclic) bond motifs is 1. The van der Waals surface area contributed by atoms with Crippen molar-refractivity contribution in [3.8, 4) is 5.75 Å². The van der Waals surface area contributed by atoms with Crippen LogP contribution < -0.4 is 15.0 Å². The van der Waals surface area contributed by atoms with Crippen molar-refractivity contribution in [2.75, 3.05) is 23.4 Å². The number of hydrogen-bond acceptors (Lipinski definition) is 4. The molecule has 2 heterocycles. The number of aromatic nitrogens is 1. The Balaban J connectivity index is 1.87. The first kappa shape index (κ1) is 13.4. The lowest BCUT2D eigenvalue weighted by Gasteiger charge is -2.29. The van der Waals surface area contributed by atoms with Crippen LogP contribution in [-0.4, -0.2) is 24.0 Å². The number of benzene rings is 1. The van der Waals surface area contributed by atoms with E-state index >= 15 is 0 Å². The number of amides is 1. The van der Waals surface area contributed by atoms with Crippen LogP contribution in [0.15, 0.2) is 42.6 Å². The summed E-state index contributed by atoms with van der Waals surface area (Å²) in [6.45, 7) is 3.41. The molecule has 0 radical (unpaired) electrons. The number of nitrogens with one attached hydrogen (secondary N) is 1. The van der Waals surface area contributed by atoms with Gasteiger partial charge in [0.2, 0.25) is 0 Å². The summed E-state index contributed by atoms with van der Waals surface area (Å²) in [5, 5.41) is 3.25. The van der Waals surface area contributed by atoms with Gasteiger partial charge in [-0.1, -0.05) is 12.1 Å². The second-order valence-electron chi connectivity index (χ2n) is 4.80. The van der Waals surface area contributed by atoms with Gasteiger partial charge in [-0.2, -0.15) is 0 Å². The van der Waals surface area contributed by atoms with Crippen LogP contribution in [0.2, 0.25) is 0 Å². The highest BCUT2D eigenvalue weighted by molar-refractivity contribution is 5.97. The number of hydrogen-bond donors (Lipinski definition) is 1. The van der Waals surface area contributed by atoms with E-state index in [0.717, 1.165) is 29.4 Å². The Morgan fingerprint density at radius 3 is 3.05 bits per heavy atom. The fraction of sp³-hybridized carbons (Fsp3) is 0.250. The van der Waals surface area contributed by atoms with Gasteiger partial charge in [-0.25, -0.2) is 0 Å². The average Bonchev–Trinajstić information content (AvgIpc) is 2.51. The van der Waals surface area contributed by atoms with Gasteiger partial charge in [-0.3, -0.25) is 14.7 Å². The molecule has 3 rings (SSSR count). The highest BCUT2D eigenvalue weighted by atomic mass is 16.5. The van der Waals surface area contributed by atoms with Crippen LogP contribution in [0.5, 0.6) is 5.75 Å². The molecule has 0 atom stereocenters. The highest BCUT2D eigenvalue weighted by Crippen LogP contribution is 2.32. The predicted octanol–water partition coefficient (Wildman–Crippen LogP) is 2.44. The minimum atomic E-state index is -0.0515. The second kappa shape index (κ2) is 5.83. The normalized spacial score (nSPS) is 13.6. The topological polar surface area (TPSA) is 54.5 Å². The van der Waals surface area contributed by atoms with Crippen LogP contribution in [0, 0.1) is 0 Å². The quantitative estimate of drug-likeness (QED) is 0.936. The number of nitrogens with zero attached hydrogens (tertiary/aromatic N) is 2. The molecule has 1 N–H and O–H groups in total. The van der Waals surface area contributed by atoms with Crippen molar-refractivity contribution in [3.63, 3.8) is 0 Å². The summed E-state index contributed by atoms with van der Waals surface area (Å²) in [6.07, 6.45) is 1.75. The Bertz CT molecular complexity index is 657. The van der Waals surface area contributed by atoms with Crippen LogP contribution in [0.3, 0.4) is 0 Å². The lowest BCUT2D eigenvalue weighted by Crippen LogP contribution is -2.38. The van der Waals surface area contributed by atoms with Crippen LogP contribution >= 0.6 is 0 Å². The molecule has 1 aromatic carbocycles. The number of carbonyl (C=O) groups excluding carboxylic acids is 1. The maximum absolute atomic E-state index is 12.1. The molecule has 2 aromatic rings. The largest absolute Gasteiger partial charge is 0.482 e. The molecule has 0 fully saturated rings. The summed E-state index contributed by atoms with van der Waals surface area (Å²) in [7, 11) is 0. The van der Waals surface area contributed by atoms with Crippen LogP contribution in [-0.2, 0) is 11.3 Å². The molecule has 108 valence electrons. The summed E-state index contributed by atoms with van der Waals surface area (Å²) in [4.78, 5) is 18.2. The first-order chi connectivity index (χ1) is 10.3. The maximum atomic E-state index is 12.1. The minimum Gasteiger partial charge on any atom is -0.482 e. The number of anilines is 2. The molecule has 1 aliphatic rings. The lowest BCUT2D eigenvalue weighted by molar-refractivity contribution is -0.121. The zero-order valence-corrected chi connectivity index (χ0v) is 11.9. The smallest absolute Gasteiger partial charge is 0.265 e. The Morgan fingerprint density at radius 2 is 2.19 bits per heavy atom. The molecule has 21 heavy (non-hydrogen) atoms. The Morgan fingerprint density at radius 1 is 1.33 bits per heavy atom. The second-order valence-corrected chi connectivity index (χ2v) is 4.80. The summed E-state index contributed by atoms with van der Waals surface area (Å²) in [6, 6.07) is 11.4. The van der Waals surface area contributed by atoms with Gasteiger partial charge in [-0.15, -0.1) is 0 Å². The van der Waals surface area contributed by atoms with Gasteiger partial charge in [0.15, 0.2) is 6.61 Å². The number of rotatable bonds is 4. The lowest BCUT2D eigenvalue weighted by atomic mass is 10.2. The van der Waals surface area contributed by atoms with Crippen molar-refractivity contribution in [3.05, 3.63) is 48.3 Å². The first-order valence-corrected chi connectivity index (χ1v) is 6.99. The van der Waals surface area contributed by atoms with Gasteiger partial charge in [0.05, 0.1) is 17.9 Å². The van der Waals surface area contributed by atoms with Crippen molar-refractivity contribution >= 4 is 17.3 Å². The monoisotopic (exact) mass is 283 g/mol. The van der Waals surface area contributed by atoms with E-state index in [0.29, 0.717) is 6.54 Å². The fourth-order valence-corrected chi connectivity index (χ4v) is 2.37. The SMILES string of the molecule is CCNc1ccnc(CN2C(=O)COc3ccccc32)c1. The molecule has 1 aliphatic heterocycles. The number of ether oxygens (including phenoxy) is 1. The molecule has 0 spiro atoms. The molecule has 1 aromatic heterocycles. The van der Waals surface area contributed by atoms with Crippen molar-refractivity contribution in [1.82, 2.24) is 4.98 Å². The van der Waals surface area contributed by atoms with Gasteiger partial charge >= 0.3 is 0 Å². The summed E-state index contributed by atoms with van der Waals surface area (Å²) < 4.78 is 5.44. The van der Waals surface area contributed by atoms with Gasteiger partial charge in [0.25, 0.3) is 5.91 Å². The molecule has 5 heteroatoms. The van der Waals surface area contributed by atoms with Crippen molar-refractivity contribution in [2.45, 2.75) is 13.5 Å². The van der Waals surface area contributed by atoms with Crippen LogP contribution in [0.25, 0.3) is 0 Å². The standard InChI is InChI=1S/C16H17N3O2/c1-2-17-12-7-8-18-13(9-12)10-19-14-5-3-4-6-15(14)21-11-16(19)20/h3-9H,2,10-11H2,1H3,(H,17,18). The molecular formula is C16H17N3O2. The fourth-order valence-electron chi connectivity index (χ4n) is 2.37. The molecule has 5 nitrogen and oxygen atoms in total. The Labute approximate surface area is 123 Å². The molecule has 0 saturated carbocycles. The van der Waals surface area contributed by atoms with E-state index in [1.807, 2.05) is 43.3 Å². The van der Waals surface area contributed by atoms with Crippen molar-refractivity contribution in [1.29, 1.82) is 0 Å². The van der Waals surface area contributed by atoms with E-state index in [-0.39, 0.29) is 12.5 Å². The molecule has 0 aliphatic carbocycles. The van der Waals surface area contributed by atoms with Crippen LogP contribution in [0.1, 0.15) is 12.6 Å². The van der Waals surface area contributed by atoms with E-state index < -0.39 is 0 Å².